The van der Waals surface area contributed by atoms with Crippen LogP contribution in [-0.4, -0.2) is 37.4 Å². The average Bonchev–Trinajstić information content (AvgIpc) is 2.14. The van der Waals surface area contributed by atoms with Gasteiger partial charge in [-0.1, -0.05) is 0 Å². The maximum atomic E-state index is 9.00. The molecule has 0 aromatic carbocycles. The molecule has 5 heteroatoms. The van der Waals surface area contributed by atoms with Crippen molar-refractivity contribution in [3.05, 3.63) is 17.5 Å². The Balaban J connectivity index is 2.62. The van der Waals surface area contributed by atoms with Crippen molar-refractivity contribution < 1.29 is 5.11 Å². The number of hydrogen-bond donors (Lipinski definition) is 1. The Labute approximate surface area is 89.2 Å². The fraction of sp³-hybridized carbons (Fsp3) is 0.500. The fourth-order valence-electron chi connectivity index (χ4n) is 0.843. The number of halogens is 1. The van der Waals surface area contributed by atoms with E-state index in [0.29, 0.717) is 9.86 Å². The minimum absolute atomic E-state index is 0.116. The van der Waals surface area contributed by atoms with Crippen LogP contribution in [0.5, 0.6) is 0 Å². The summed E-state index contributed by atoms with van der Waals surface area (Å²) in [5.74, 6) is 0. The molecule has 1 radical (unpaired) electrons. The topological polar surface area (TPSA) is 46.0 Å². The number of aliphatic hydroxyl groups excluding tert-OH is 1. The van der Waals surface area contributed by atoms with Gasteiger partial charge in [-0.2, -0.15) is 0 Å². The van der Waals surface area contributed by atoms with Crippen LogP contribution in [0.3, 0.4) is 0 Å². The van der Waals surface area contributed by atoms with Gasteiger partial charge in [0, 0.05) is 0 Å². The summed E-state index contributed by atoms with van der Waals surface area (Å²) in [5.41, 5.74) is 0. The number of hydrogen-bond acceptors (Lipinski definition) is 3. The van der Waals surface area contributed by atoms with Gasteiger partial charge in [-0.15, -0.1) is 0 Å². The van der Waals surface area contributed by atoms with Crippen LogP contribution in [0.15, 0.2) is 12.4 Å². The Morgan fingerprint density at radius 2 is 2.38 bits per heavy atom. The molecule has 0 fully saturated rings. The van der Waals surface area contributed by atoms with Crippen molar-refractivity contribution in [2.75, 3.05) is 6.61 Å². The van der Waals surface area contributed by atoms with E-state index in [0.717, 1.165) is 10.9 Å². The predicted octanol–water partition coefficient (Wildman–Crippen LogP) is 0.650. The molecule has 0 spiro atoms. The Kier molecular flexibility index (Phi) is 4.71. The average molecular weight is 262 g/mol. The van der Waals surface area contributed by atoms with Gasteiger partial charge in [-0.3, -0.25) is 0 Å². The quantitative estimate of drug-likeness (QED) is 0.810. The van der Waals surface area contributed by atoms with Crippen molar-refractivity contribution in [2.45, 2.75) is 18.1 Å². The van der Waals surface area contributed by atoms with Crippen LogP contribution in [0.4, 0.5) is 0 Å². The molecule has 0 bridgehead atoms. The van der Waals surface area contributed by atoms with Crippen molar-refractivity contribution in [3.8, 4) is 0 Å². The molecule has 71 valence electrons. The molecule has 1 rings (SSSR count). The van der Waals surface area contributed by atoms with Crippen LogP contribution >= 0.6 is 11.6 Å². The van der Waals surface area contributed by atoms with Gasteiger partial charge < -0.3 is 0 Å². The van der Waals surface area contributed by atoms with Crippen LogP contribution < -0.4 is 4.48 Å². The van der Waals surface area contributed by atoms with Gasteiger partial charge in [-0.25, -0.2) is 0 Å². The zero-order chi connectivity index (χ0) is 9.68. The van der Waals surface area contributed by atoms with E-state index in [-0.39, 0.29) is 22.4 Å². The zero-order valence-corrected chi connectivity index (χ0v) is 9.95. The van der Waals surface area contributed by atoms with E-state index >= 15 is 0 Å². The third kappa shape index (κ3) is 3.63. The Morgan fingerprint density at radius 3 is 2.92 bits per heavy atom. The maximum absolute atomic E-state index is 9.00. The molecule has 0 amide bonds. The molecule has 1 heterocycles. The number of rotatable bonds is 4. The third-order valence-electron chi connectivity index (χ3n) is 1.59. The zero-order valence-electron chi connectivity index (χ0n) is 7.31. The Hall–Kier alpha value is -0.112. The van der Waals surface area contributed by atoms with Crippen LogP contribution in [-0.2, 0) is 0 Å². The van der Waals surface area contributed by atoms with E-state index in [1.54, 1.807) is 6.20 Å². The van der Waals surface area contributed by atoms with E-state index in [1.807, 2.05) is 0 Å². The monoisotopic (exact) mass is 261 g/mol. The molecule has 1 aromatic heterocycles. The van der Waals surface area contributed by atoms with Crippen molar-refractivity contribution in [1.82, 2.24) is 9.97 Å². The molecular weight excluding hydrogens is 250 g/mol. The first-order valence-corrected chi connectivity index (χ1v) is 6.45. The molecule has 1 aromatic rings. The van der Waals surface area contributed by atoms with Crippen LogP contribution in [0.25, 0.3) is 0 Å². The summed E-state index contributed by atoms with van der Waals surface area (Å²) >= 11 is 5.58. The molecule has 13 heavy (non-hydrogen) atoms. The van der Waals surface area contributed by atoms with E-state index in [4.69, 9.17) is 16.7 Å². The first-order valence-electron chi connectivity index (χ1n) is 4.05. The standard InChI is InChI=1S/C8H11AsClN2O/c1-2-6(5-13)9-7-3-11-4-8(10)12-7/h3-4,6,13H,2,5H2,1H3/t6-/m1/s1. The summed E-state index contributed by atoms with van der Waals surface area (Å²) in [5, 5.41) is 9.43. The summed E-state index contributed by atoms with van der Waals surface area (Å²) in [4.78, 5) is 8.10. The van der Waals surface area contributed by atoms with E-state index in [9.17, 15) is 0 Å². The summed E-state index contributed by atoms with van der Waals surface area (Å²) < 4.78 is 1.29. The van der Waals surface area contributed by atoms with Crippen molar-refractivity contribution >= 4 is 31.8 Å². The molecule has 3 nitrogen and oxygen atoms in total. The second-order valence-corrected chi connectivity index (χ2v) is 6.00. The van der Waals surface area contributed by atoms with E-state index in [1.165, 1.54) is 6.20 Å². The molecule has 0 saturated heterocycles. The van der Waals surface area contributed by atoms with Gasteiger partial charge in [0.2, 0.25) is 0 Å². The molecule has 0 saturated carbocycles. The summed E-state index contributed by atoms with van der Waals surface area (Å²) in [6, 6.07) is 0. The van der Waals surface area contributed by atoms with Gasteiger partial charge in [0.25, 0.3) is 0 Å². The molecule has 0 aliphatic heterocycles. The van der Waals surface area contributed by atoms with Gasteiger partial charge >= 0.3 is 89.1 Å². The molecule has 1 atom stereocenters. The first-order chi connectivity index (χ1) is 6.26. The van der Waals surface area contributed by atoms with Gasteiger partial charge in [0.15, 0.2) is 0 Å². The van der Waals surface area contributed by atoms with Crippen LogP contribution in [0.2, 0.25) is 9.86 Å². The third-order valence-corrected chi connectivity index (χ3v) is 4.65. The Morgan fingerprint density at radius 1 is 1.62 bits per heavy atom. The molecule has 0 aliphatic rings. The number of aromatic nitrogens is 2. The second kappa shape index (κ2) is 5.58. The van der Waals surface area contributed by atoms with Crippen molar-refractivity contribution in [3.63, 3.8) is 0 Å². The summed E-state index contributed by atoms with van der Waals surface area (Å²) in [7, 11) is 0. The number of aliphatic hydroxyl groups is 1. The summed E-state index contributed by atoms with van der Waals surface area (Å²) in [6.07, 6.45) is 4.22. The molecular formula is C8H11AsClN2O. The SMILES string of the molecule is CC[C@H](CO)[As]c1cncc(Cl)n1. The van der Waals surface area contributed by atoms with Gasteiger partial charge in [0.1, 0.15) is 0 Å². The van der Waals surface area contributed by atoms with E-state index < -0.39 is 0 Å². The molecule has 1 N–H and O–H groups in total. The van der Waals surface area contributed by atoms with Gasteiger partial charge in [0.05, 0.1) is 0 Å². The Bertz CT molecular complexity index is 268. The van der Waals surface area contributed by atoms with Gasteiger partial charge in [-0.05, 0) is 0 Å². The van der Waals surface area contributed by atoms with Crippen molar-refractivity contribution in [1.29, 1.82) is 0 Å². The minimum atomic E-state index is -0.116. The second-order valence-electron chi connectivity index (χ2n) is 2.57. The fourth-order valence-corrected chi connectivity index (χ4v) is 3.09. The van der Waals surface area contributed by atoms with Crippen LogP contribution in [0, 0.1) is 0 Å². The van der Waals surface area contributed by atoms with E-state index in [2.05, 4.69) is 16.9 Å². The van der Waals surface area contributed by atoms with Crippen LogP contribution in [0.1, 0.15) is 13.3 Å². The predicted molar refractivity (Wildman–Crippen MR) is 53.6 cm³/mol. The normalized spacial score (nSPS) is 13.8. The molecule has 0 aliphatic carbocycles. The molecule has 0 unspecified atom stereocenters. The first kappa shape index (κ1) is 11.0. The number of nitrogens with zero attached hydrogens (tertiary/aromatic N) is 2. The van der Waals surface area contributed by atoms with Crippen molar-refractivity contribution in [2.24, 2.45) is 0 Å². The summed E-state index contributed by atoms with van der Waals surface area (Å²) in [6.45, 7) is 2.29.